The summed E-state index contributed by atoms with van der Waals surface area (Å²) in [5.74, 6) is 0. The molecule has 0 aromatic heterocycles. The lowest BCUT2D eigenvalue weighted by Gasteiger charge is -2.49. The van der Waals surface area contributed by atoms with Crippen LogP contribution in [-0.2, 0) is 9.47 Å². The van der Waals surface area contributed by atoms with Crippen molar-refractivity contribution in [2.75, 3.05) is 13.2 Å². The Balaban J connectivity index is 2.11. The molecule has 10 atom stereocenters. The Morgan fingerprint density at radius 1 is 1.26 bits per heavy atom. The molecule has 1 heterocycles. The van der Waals surface area contributed by atoms with Gasteiger partial charge in [-0.05, 0) is 26.3 Å². The topological polar surface area (TPSA) is 184 Å². The van der Waals surface area contributed by atoms with Crippen LogP contribution in [0.5, 0.6) is 0 Å². The van der Waals surface area contributed by atoms with E-state index in [1.54, 1.807) is 0 Å². The van der Waals surface area contributed by atoms with Gasteiger partial charge in [0.15, 0.2) is 6.29 Å². The van der Waals surface area contributed by atoms with Gasteiger partial charge in [0.2, 0.25) is 0 Å². The van der Waals surface area contributed by atoms with Gasteiger partial charge in [0, 0.05) is 18.5 Å². The van der Waals surface area contributed by atoms with Crippen LogP contribution >= 0.6 is 0 Å². The fourth-order valence-corrected chi connectivity index (χ4v) is 3.77. The van der Waals surface area contributed by atoms with Gasteiger partial charge in [0.05, 0.1) is 31.0 Å². The first-order valence-electron chi connectivity index (χ1n) is 9.57. The van der Waals surface area contributed by atoms with E-state index >= 15 is 0 Å². The van der Waals surface area contributed by atoms with Gasteiger partial charge in [-0.3, -0.25) is 0 Å². The third-order valence-electron chi connectivity index (χ3n) is 5.69. The molecule has 0 aromatic carbocycles. The standard InChI is InChI=1S/C17H35N3O7/c1-3-4-20-10-5-9(18)15(14(25)13(10)24)26-16-12(19)11(23)6-17(7-21,27-16)8(2)22/h8-16,20-25H,3-7,18-19H2,1-2H3/t8?,9?,10?,11?,12?,13-,14-,15-,16+,17?/m1/s1. The number of ether oxygens (including phenoxy) is 2. The SMILES string of the molecule is CCCNC1CC(N)[C@@H](O[C@H]2OC(CO)(C(C)O)CC(O)C2N)[C@H](O)[C@@H]1O. The molecule has 0 spiro atoms. The van der Waals surface area contributed by atoms with E-state index in [0.29, 0.717) is 13.0 Å². The van der Waals surface area contributed by atoms with Crippen LogP contribution < -0.4 is 16.8 Å². The summed E-state index contributed by atoms with van der Waals surface area (Å²) in [7, 11) is 0. The molecule has 1 saturated carbocycles. The quantitative estimate of drug-likeness (QED) is 0.218. The van der Waals surface area contributed by atoms with E-state index in [1.807, 2.05) is 6.92 Å². The van der Waals surface area contributed by atoms with Gasteiger partial charge < -0.3 is 51.8 Å². The van der Waals surface area contributed by atoms with Gasteiger partial charge in [-0.2, -0.15) is 0 Å². The molecule has 1 saturated heterocycles. The minimum Gasteiger partial charge on any atom is -0.393 e. The first-order valence-corrected chi connectivity index (χ1v) is 9.57. The second-order valence-corrected chi connectivity index (χ2v) is 7.78. The summed E-state index contributed by atoms with van der Waals surface area (Å²) >= 11 is 0. The summed E-state index contributed by atoms with van der Waals surface area (Å²) in [5.41, 5.74) is 10.7. The molecular formula is C17H35N3O7. The highest BCUT2D eigenvalue weighted by molar-refractivity contribution is 5.01. The average molecular weight is 393 g/mol. The molecule has 2 fully saturated rings. The van der Waals surface area contributed by atoms with Crippen molar-refractivity contribution >= 4 is 0 Å². The summed E-state index contributed by atoms with van der Waals surface area (Å²) in [4.78, 5) is 0. The second-order valence-electron chi connectivity index (χ2n) is 7.78. The maximum absolute atomic E-state index is 10.5. The van der Waals surface area contributed by atoms with E-state index in [9.17, 15) is 25.5 Å². The van der Waals surface area contributed by atoms with Crippen LogP contribution in [0.4, 0.5) is 0 Å². The zero-order valence-electron chi connectivity index (χ0n) is 15.9. The lowest BCUT2D eigenvalue weighted by Crippen LogP contribution is -2.68. The second kappa shape index (κ2) is 9.40. The Hall–Kier alpha value is -0.400. The zero-order valence-corrected chi connectivity index (χ0v) is 15.9. The predicted molar refractivity (Wildman–Crippen MR) is 96.5 cm³/mol. The monoisotopic (exact) mass is 393 g/mol. The third-order valence-corrected chi connectivity index (χ3v) is 5.69. The predicted octanol–water partition coefficient (Wildman–Crippen LogP) is -3.26. The molecule has 1 aliphatic carbocycles. The summed E-state index contributed by atoms with van der Waals surface area (Å²) in [6.07, 6.45) is -5.57. The molecule has 2 aliphatic rings. The van der Waals surface area contributed by atoms with Crippen molar-refractivity contribution in [1.82, 2.24) is 5.32 Å². The Kier molecular flexibility index (Phi) is 7.97. The first kappa shape index (κ1) is 22.9. The van der Waals surface area contributed by atoms with E-state index in [4.69, 9.17) is 20.9 Å². The van der Waals surface area contributed by atoms with Gasteiger partial charge in [-0.1, -0.05) is 6.92 Å². The molecule has 160 valence electrons. The molecule has 0 aromatic rings. The highest BCUT2D eigenvalue weighted by Crippen LogP contribution is 2.34. The normalized spacial score (nSPS) is 47.0. The Bertz CT molecular complexity index is 472. The minimum atomic E-state index is -1.44. The van der Waals surface area contributed by atoms with Gasteiger partial charge >= 0.3 is 0 Å². The zero-order chi connectivity index (χ0) is 20.4. The fourth-order valence-electron chi connectivity index (χ4n) is 3.77. The van der Waals surface area contributed by atoms with Crippen molar-refractivity contribution < 1.29 is 35.0 Å². The molecule has 27 heavy (non-hydrogen) atoms. The molecule has 10 N–H and O–H groups in total. The summed E-state index contributed by atoms with van der Waals surface area (Å²) < 4.78 is 11.5. The summed E-state index contributed by atoms with van der Waals surface area (Å²) in [6, 6.07) is -1.94. The van der Waals surface area contributed by atoms with Gasteiger partial charge in [0.25, 0.3) is 0 Å². The van der Waals surface area contributed by atoms with Gasteiger partial charge in [-0.15, -0.1) is 0 Å². The first-order chi connectivity index (χ1) is 12.7. The Labute approximate surface area is 159 Å². The van der Waals surface area contributed by atoms with Gasteiger partial charge in [0.1, 0.15) is 17.8 Å². The highest BCUT2D eigenvalue weighted by atomic mass is 16.7. The fraction of sp³-hybridized carbons (Fsp3) is 1.00. The number of aliphatic hydroxyl groups is 5. The number of aliphatic hydroxyl groups excluding tert-OH is 5. The van der Waals surface area contributed by atoms with Crippen molar-refractivity contribution in [1.29, 1.82) is 0 Å². The number of nitrogens with two attached hydrogens (primary N) is 2. The largest absolute Gasteiger partial charge is 0.393 e. The number of nitrogens with one attached hydrogen (secondary N) is 1. The van der Waals surface area contributed by atoms with Crippen molar-refractivity contribution in [2.45, 2.75) is 93.6 Å². The number of rotatable bonds is 7. The molecule has 0 radical (unpaired) electrons. The molecule has 0 bridgehead atoms. The van der Waals surface area contributed by atoms with E-state index in [0.717, 1.165) is 6.42 Å². The molecule has 1 aliphatic heterocycles. The lowest BCUT2D eigenvalue weighted by atomic mass is 9.83. The van der Waals surface area contributed by atoms with Crippen molar-refractivity contribution in [3.63, 3.8) is 0 Å². The average Bonchev–Trinajstić information content (AvgIpc) is 2.63. The molecule has 10 nitrogen and oxygen atoms in total. The van der Waals surface area contributed by atoms with Crippen LogP contribution in [0.1, 0.15) is 33.1 Å². The number of hydrogen-bond donors (Lipinski definition) is 8. The molecule has 0 amide bonds. The van der Waals surface area contributed by atoms with Crippen molar-refractivity contribution in [3.05, 3.63) is 0 Å². The van der Waals surface area contributed by atoms with Gasteiger partial charge in [-0.25, -0.2) is 0 Å². The summed E-state index contributed by atoms with van der Waals surface area (Å²) in [6.45, 7) is 3.57. The minimum absolute atomic E-state index is 0.0624. The molecular weight excluding hydrogens is 358 g/mol. The van der Waals surface area contributed by atoms with Crippen LogP contribution in [0, 0.1) is 0 Å². The van der Waals surface area contributed by atoms with Crippen LogP contribution in [0.2, 0.25) is 0 Å². The summed E-state index contributed by atoms with van der Waals surface area (Å²) in [5, 5.41) is 54.0. The van der Waals surface area contributed by atoms with E-state index < -0.39 is 61.1 Å². The third kappa shape index (κ3) is 4.78. The van der Waals surface area contributed by atoms with Crippen molar-refractivity contribution in [3.8, 4) is 0 Å². The highest BCUT2D eigenvalue weighted by Gasteiger charge is 2.51. The maximum atomic E-state index is 10.5. The maximum Gasteiger partial charge on any atom is 0.176 e. The smallest absolute Gasteiger partial charge is 0.176 e. The van der Waals surface area contributed by atoms with E-state index in [2.05, 4.69) is 5.32 Å². The Morgan fingerprint density at radius 3 is 2.48 bits per heavy atom. The number of hydrogen-bond acceptors (Lipinski definition) is 10. The van der Waals surface area contributed by atoms with Crippen LogP contribution in [-0.4, -0.2) is 99.2 Å². The molecule has 2 rings (SSSR count). The van der Waals surface area contributed by atoms with E-state index in [1.165, 1.54) is 6.92 Å². The van der Waals surface area contributed by atoms with Crippen molar-refractivity contribution in [2.24, 2.45) is 11.5 Å². The van der Waals surface area contributed by atoms with Crippen LogP contribution in [0.25, 0.3) is 0 Å². The Morgan fingerprint density at radius 2 is 1.93 bits per heavy atom. The van der Waals surface area contributed by atoms with E-state index in [-0.39, 0.29) is 12.5 Å². The molecule has 6 unspecified atom stereocenters. The lowest BCUT2D eigenvalue weighted by molar-refractivity contribution is -0.317. The molecule has 10 heteroatoms. The van der Waals surface area contributed by atoms with Crippen LogP contribution in [0.3, 0.4) is 0 Å². The van der Waals surface area contributed by atoms with Crippen LogP contribution in [0.15, 0.2) is 0 Å².